The molecule has 0 aliphatic carbocycles. The van der Waals surface area contributed by atoms with Crippen molar-refractivity contribution in [1.82, 2.24) is 4.57 Å². The minimum Gasteiger partial charge on any atom is -0.378 e. The van der Waals surface area contributed by atoms with Crippen LogP contribution >= 0.6 is 15.9 Å². The molecular formula is C15H18BrNO. The van der Waals surface area contributed by atoms with E-state index in [0.717, 1.165) is 17.6 Å². The van der Waals surface area contributed by atoms with Gasteiger partial charge in [0.15, 0.2) is 0 Å². The number of halogens is 1. The Labute approximate surface area is 116 Å². The summed E-state index contributed by atoms with van der Waals surface area (Å²) in [4.78, 5) is 0. The molecule has 0 radical (unpaired) electrons. The summed E-state index contributed by atoms with van der Waals surface area (Å²) in [5, 5.41) is 1.31. The van der Waals surface area contributed by atoms with Gasteiger partial charge in [0.2, 0.25) is 0 Å². The molecule has 0 saturated carbocycles. The number of ether oxygens (including phenoxy) is 1. The van der Waals surface area contributed by atoms with Gasteiger partial charge in [0, 0.05) is 34.7 Å². The normalized spacial score (nSPS) is 19.7. The van der Waals surface area contributed by atoms with E-state index >= 15 is 0 Å². The number of hydrogen-bond donors (Lipinski definition) is 0. The third kappa shape index (κ3) is 2.62. The molecule has 96 valence electrons. The molecule has 0 spiro atoms. The van der Waals surface area contributed by atoms with Crippen LogP contribution in [-0.4, -0.2) is 17.3 Å². The van der Waals surface area contributed by atoms with Crippen molar-refractivity contribution in [3.05, 3.63) is 34.9 Å². The lowest BCUT2D eigenvalue weighted by Gasteiger charge is -2.10. The van der Waals surface area contributed by atoms with Crippen LogP contribution in [0, 0.1) is 0 Å². The molecule has 18 heavy (non-hydrogen) atoms. The van der Waals surface area contributed by atoms with E-state index in [-0.39, 0.29) is 0 Å². The SMILES string of the molecule is Brc1ccc2c(ccn2CCCC2CCCO2)c1. The Morgan fingerprint density at radius 1 is 1.33 bits per heavy atom. The van der Waals surface area contributed by atoms with E-state index in [9.17, 15) is 0 Å². The second-order valence-electron chi connectivity index (χ2n) is 4.99. The maximum absolute atomic E-state index is 5.66. The van der Waals surface area contributed by atoms with Gasteiger partial charge in [-0.3, -0.25) is 0 Å². The molecule has 1 unspecified atom stereocenters. The molecule has 3 heteroatoms. The summed E-state index contributed by atoms with van der Waals surface area (Å²) in [6, 6.07) is 8.66. The van der Waals surface area contributed by atoms with E-state index in [1.807, 2.05) is 0 Å². The number of fused-ring (bicyclic) bond motifs is 1. The third-order valence-corrected chi connectivity index (χ3v) is 4.18. The van der Waals surface area contributed by atoms with Gasteiger partial charge < -0.3 is 9.30 Å². The molecule has 2 aromatic rings. The fourth-order valence-electron chi connectivity index (χ4n) is 2.73. The molecule has 0 bridgehead atoms. The van der Waals surface area contributed by atoms with Crippen LogP contribution in [0.25, 0.3) is 10.9 Å². The van der Waals surface area contributed by atoms with Crippen molar-refractivity contribution in [1.29, 1.82) is 0 Å². The van der Waals surface area contributed by atoms with Crippen molar-refractivity contribution in [3.8, 4) is 0 Å². The quantitative estimate of drug-likeness (QED) is 0.818. The highest BCUT2D eigenvalue weighted by Gasteiger charge is 2.14. The van der Waals surface area contributed by atoms with Gasteiger partial charge in [-0.2, -0.15) is 0 Å². The molecule has 2 heterocycles. The number of hydrogen-bond acceptors (Lipinski definition) is 1. The average Bonchev–Trinajstić information content (AvgIpc) is 2.99. The second-order valence-corrected chi connectivity index (χ2v) is 5.91. The van der Waals surface area contributed by atoms with Gasteiger partial charge in [-0.05, 0) is 49.9 Å². The summed E-state index contributed by atoms with van der Waals surface area (Å²) in [5.41, 5.74) is 1.32. The topological polar surface area (TPSA) is 14.2 Å². The molecule has 1 aliphatic heterocycles. The van der Waals surface area contributed by atoms with Gasteiger partial charge in [-0.15, -0.1) is 0 Å². The van der Waals surface area contributed by atoms with Crippen LogP contribution in [-0.2, 0) is 11.3 Å². The summed E-state index contributed by atoms with van der Waals surface area (Å²) in [7, 11) is 0. The zero-order valence-corrected chi connectivity index (χ0v) is 12.0. The Hall–Kier alpha value is -0.800. The number of nitrogens with zero attached hydrogens (tertiary/aromatic N) is 1. The Balaban J connectivity index is 1.63. The number of benzene rings is 1. The number of aromatic nitrogens is 1. The first-order chi connectivity index (χ1) is 8.83. The fourth-order valence-corrected chi connectivity index (χ4v) is 3.11. The van der Waals surface area contributed by atoms with Crippen LogP contribution in [0.5, 0.6) is 0 Å². The largest absolute Gasteiger partial charge is 0.378 e. The fraction of sp³-hybridized carbons (Fsp3) is 0.467. The van der Waals surface area contributed by atoms with Gasteiger partial charge in [0.1, 0.15) is 0 Å². The maximum atomic E-state index is 5.66. The molecule has 1 aromatic carbocycles. The maximum Gasteiger partial charge on any atom is 0.0576 e. The first kappa shape index (κ1) is 12.2. The van der Waals surface area contributed by atoms with E-state index in [1.165, 1.54) is 36.6 Å². The van der Waals surface area contributed by atoms with E-state index in [1.54, 1.807) is 0 Å². The van der Waals surface area contributed by atoms with Gasteiger partial charge in [-0.1, -0.05) is 15.9 Å². The minimum atomic E-state index is 0.515. The molecular weight excluding hydrogens is 290 g/mol. The second kappa shape index (κ2) is 5.45. The standard InChI is InChI=1S/C15H18BrNO/c16-13-5-6-15-12(11-13)7-9-17(15)8-1-3-14-4-2-10-18-14/h5-7,9,11,14H,1-4,8,10H2. The first-order valence-electron chi connectivity index (χ1n) is 6.69. The number of rotatable bonds is 4. The smallest absolute Gasteiger partial charge is 0.0576 e. The van der Waals surface area contributed by atoms with Gasteiger partial charge >= 0.3 is 0 Å². The Morgan fingerprint density at radius 3 is 3.11 bits per heavy atom. The third-order valence-electron chi connectivity index (χ3n) is 3.68. The van der Waals surface area contributed by atoms with E-state index in [0.29, 0.717) is 6.10 Å². The monoisotopic (exact) mass is 307 g/mol. The van der Waals surface area contributed by atoms with Crippen LogP contribution in [0.2, 0.25) is 0 Å². The molecule has 0 N–H and O–H groups in total. The van der Waals surface area contributed by atoms with E-state index < -0.39 is 0 Å². The van der Waals surface area contributed by atoms with Crippen molar-refractivity contribution in [2.75, 3.05) is 6.61 Å². The molecule has 0 amide bonds. The van der Waals surface area contributed by atoms with Gasteiger partial charge in [0.25, 0.3) is 0 Å². The van der Waals surface area contributed by atoms with Crippen LogP contribution < -0.4 is 0 Å². The van der Waals surface area contributed by atoms with Crippen LogP contribution in [0.4, 0.5) is 0 Å². The van der Waals surface area contributed by atoms with Crippen molar-refractivity contribution in [3.63, 3.8) is 0 Å². The van der Waals surface area contributed by atoms with Crippen LogP contribution in [0.3, 0.4) is 0 Å². The Bertz CT molecular complexity index is 528. The predicted octanol–water partition coefficient (Wildman–Crippen LogP) is 4.36. The highest BCUT2D eigenvalue weighted by atomic mass is 79.9. The lowest BCUT2D eigenvalue weighted by Crippen LogP contribution is -2.06. The first-order valence-corrected chi connectivity index (χ1v) is 7.48. The summed E-state index contributed by atoms with van der Waals surface area (Å²) in [6.07, 6.45) is 7.58. The zero-order valence-electron chi connectivity index (χ0n) is 10.4. The van der Waals surface area contributed by atoms with Crippen molar-refractivity contribution in [2.45, 2.75) is 38.3 Å². The molecule has 1 saturated heterocycles. The molecule has 1 aromatic heterocycles. The van der Waals surface area contributed by atoms with E-state index in [2.05, 4.69) is 51.0 Å². The van der Waals surface area contributed by atoms with Crippen LogP contribution in [0.15, 0.2) is 34.9 Å². The number of aryl methyl sites for hydroxylation is 1. The summed E-state index contributed by atoms with van der Waals surface area (Å²) in [6.45, 7) is 2.05. The lowest BCUT2D eigenvalue weighted by molar-refractivity contribution is 0.101. The summed E-state index contributed by atoms with van der Waals surface area (Å²) >= 11 is 3.51. The Morgan fingerprint density at radius 2 is 2.28 bits per heavy atom. The highest BCUT2D eigenvalue weighted by molar-refractivity contribution is 9.10. The average molecular weight is 308 g/mol. The molecule has 1 aliphatic rings. The minimum absolute atomic E-state index is 0.515. The van der Waals surface area contributed by atoms with Gasteiger partial charge in [0.05, 0.1) is 6.10 Å². The summed E-state index contributed by atoms with van der Waals surface area (Å²) < 4.78 is 9.15. The molecule has 1 fully saturated rings. The molecule has 1 atom stereocenters. The van der Waals surface area contributed by atoms with Gasteiger partial charge in [-0.25, -0.2) is 0 Å². The van der Waals surface area contributed by atoms with E-state index in [4.69, 9.17) is 4.74 Å². The predicted molar refractivity (Wildman–Crippen MR) is 77.8 cm³/mol. The summed E-state index contributed by atoms with van der Waals surface area (Å²) in [5.74, 6) is 0. The van der Waals surface area contributed by atoms with Crippen molar-refractivity contribution < 1.29 is 4.74 Å². The van der Waals surface area contributed by atoms with Crippen molar-refractivity contribution in [2.24, 2.45) is 0 Å². The highest BCUT2D eigenvalue weighted by Crippen LogP contribution is 2.22. The molecule has 2 nitrogen and oxygen atoms in total. The molecule has 3 rings (SSSR count). The zero-order chi connectivity index (χ0) is 12.4. The lowest BCUT2D eigenvalue weighted by atomic mass is 10.1. The van der Waals surface area contributed by atoms with Crippen molar-refractivity contribution >= 4 is 26.8 Å². The Kier molecular flexibility index (Phi) is 3.71. The van der Waals surface area contributed by atoms with Crippen LogP contribution in [0.1, 0.15) is 25.7 Å².